The number of hydrogen-bond donors (Lipinski definition) is 1. The van der Waals surface area contributed by atoms with Crippen LogP contribution >= 0.6 is 0 Å². The van der Waals surface area contributed by atoms with Crippen LogP contribution in [0.25, 0.3) is 11.3 Å². The summed E-state index contributed by atoms with van der Waals surface area (Å²) in [4.78, 5) is 4.09. The zero-order valence-corrected chi connectivity index (χ0v) is 7.81. The predicted octanol–water partition coefficient (Wildman–Crippen LogP) is 1.58. The normalized spacial score (nSPS) is 9.79. The highest BCUT2D eigenvalue weighted by molar-refractivity contribution is 5.70. The Morgan fingerprint density at radius 3 is 2.64 bits per heavy atom. The van der Waals surface area contributed by atoms with Crippen LogP contribution in [0, 0.1) is 0 Å². The molecule has 1 heterocycles. The molecule has 0 unspecified atom stereocenters. The van der Waals surface area contributed by atoms with E-state index in [0.717, 1.165) is 17.1 Å². The topological polar surface area (TPSA) is 50.7 Å². The zero-order valence-electron chi connectivity index (χ0n) is 7.81. The van der Waals surface area contributed by atoms with Gasteiger partial charge >= 0.3 is 0 Å². The van der Waals surface area contributed by atoms with Crippen molar-refractivity contribution in [2.24, 2.45) is 0 Å². The molecule has 0 aliphatic rings. The summed E-state index contributed by atoms with van der Waals surface area (Å²) < 4.78 is 0. The van der Waals surface area contributed by atoms with Gasteiger partial charge in [0.1, 0.15) is 12.0 Å². The first-order valence-electron chi connectivity index (χ1n) is 4.32. The average Bonchev–Trinajstić information content (AvgIpc) is 2.30. The highest BCUT2D eigenvalue weighted by Gasteiger charge is 2.05. The van der Waals surface area contributed by atoms with E-state index in [-0.39, 0.29) is 0 Å². The first-order chi connectivity index (χ1) is 6.92. The smallest absolute Gasteiger partial charge is 0.156 e. The lowest BCUT2D eigenvalue weighted by atomic mass is 10.1. The van der Waals surface area contributed by atoms with Gasteiger partial charge in [0.15, 0.2) is 5.82 Å². The largest absolute Gasteiger partial charge is 0.371 e. The second-order valence-corrected chi connectivity index (χ2v) is 2.77. The molecule has 2 aromatic rings. The quantitative estimate of drug-likeness (QED) is 0.773. The maximum atomic E-state index is 4.09. The second-order valence-electron chi connectivity index (χ2n) is 2.77. The Balaban J connectivity index is 2.51. The van der Waals surface area contributed by atoms with Crippen molar-refractivity contribution in [2.45, 2.75) is 0 Å². The van der Waals surface area contributed by atoms with Crippen molar-refractivity contribution in [3.05, 3.63) is 36.7 Å². The van der Waals surface area contributed by atoms with E-state index in [9.17, 15) is 0 Å². The summed E-state index contributed by atoms with van der Waals surface area (Å²) in [6, 6.07) is 9.85. The molecule has 0 spiro atoms. The van der Waals surface area contributed by atoms with Gasteiger partial charge in [-0.2, -0.15) is 0 Å². The summed E-state index contributed by atoms with van der Waals surface area (Å²) in [5, 5.41) is 10.8. The molecule has 0 aliphatic carbocycles. The van der Waals surface area contributed by atoms with Crippen molar-refractivity contribution >= 4 is 5.82 Å². The van der Waals surface area contributed by atoms with E-state index in [2.05, 4.69) is 20.5 Å². The van der Waals surface area contributed by atoms with Crippen LogP contribution in [0.5, 0.6) is 0 Å². The third-order valence-corrected chi connectivity index (χ3v) is 1.90. The van der Waals surface area contributed by atoms with Crippen LogP contribution in [-0.2, 0) is 0 Å². The number of nitrogens with zero attached hydrogens (tertiary/aromatic N) is 3. The standard InChI is InChI=1S/C10H10N4/c1-11-10-9(14-13-7-12-10)8-5-3-2-4-6-8/h2-7H,1H3,(H,11,12,13). The van der Waals surface area contributed by atoms with Gasteiger partial charge in [0.2, 0.25) is 0 Å². The van der Waals surface area contributed by atoms with Crippen LogP contribution in [0.15, 0.2) is 36.7 Å². The Kier molecular flexibility index (Phi) is 2.36. The van der Waals surface area contributed by atoms with Gasteiger partial charge in [0, 0.05) is 12.6 Å². The van der Waals surface area contributed by atoms with Crippen LogP contribution < -0.4 is 5.32 Å². The van der Waals surface area contributed by atoms with Crippen molar-refractivity contribution in [1.82, 2.24) is 15.2 Å². The summed E-state index contributed by atoms with van der Waals surface area (Å²) in [6.07, 6.45) is 1.43. The minimum absolute atomic E-state index is 0.742. The van der Waals surface area contributed by atoms with Crippen LogP contribution in [0.3, 0.4) is 0 Å². The van der Waals surface area contributed by atoms with Crippen LogP contribution in [0.1, 0.15) is 0 Å². The number of anilines is 1. The van der Waals surface area contributed by atoms with Gasteiger partial charge in [-0.05, 0) is 0 Å². The first-order valence-corrected chi connectivity index (χ1v) is 4.32. The maximum absolute atomic E-state index is 4.09. The van der Waals surface area contributed by atoms with Crippen LogP contribution in [0.2, 0.25) is 0 Å². The van der Waals surface area contributed by atoms with Gasteiger partial charge in [0.25, 0.3) is 0 Å². The number of nitrogens with one attached hydrogen (secondary N) is 1. The minimum Gasteiger partial charge on any atom is -0.371 e. The van der Waals surface area contributed by atoms with Crippen LogP contribution in [0.4, 0.5) is 5.82 Å². The van der Waals surface area contributed by atoms with Crippen molar-refractivity contribution in [3.63, 3.8) is 0 Å². The molecule has 0 saturated heterocycles. The third kappa shape index (κ3) is 1.54. The summed E-state index contributed by atoms with van der Waals surface area (Å²) >= 11 is 0. The molecule has 0 aliphatic heterocycles. The second kappa shape index (κ2) is 3.83. The average molecular weight is 186 g/mol. The molecule has 2 rings (SSSR count). The van der Waals surface area contributed by atoms with Gasteiger partial charge in [-0.25, -0.2) is 4.98 Å². The van der Waals surface area contributed by atoms with Gasteiger partial charge in [-0.3, -0.25) is 0 Å². The molecular weight excluding hydrogens is 176 g/mol. The number of hydrogen-bond acceptors (Lipinski definition) is 4. The van der Waals surface area contributed by atoms with Crippen molar-refractivity contribution < 1.29 is 0 Å². The summed E-state index contributed by atoms with van der Waals surface area (Å²) in [5.41, 5.74) is 1.79. The molecule has 14 heavy (non-hydrogen) atoms. The molecule has 0 radical (unpaired) electrons. The molecule has 0 bridgehead atoms. The Labute approximate surface area is 82.0 Å². The SMILES string of the molecule is CNc1ncnnc1-c1ccccc1. The Bertz CT molecular complexity index is 413. The van der Waals surface area contributed by atoms with E-state index < -0.39 is 0 Å². The van der Waals surface area contributed by atoms with Crippen LogP contribution in [-0.4, -0.2) is 22.2 Å². The predicted molar refractivity (Wildman–Crippen MR) is 54.8 cm³/mol. The lowest BCUT2D eigenvalue weighted by Gasteiger charge is -2.04. The molecule has 0 atom stereocenters. The Morgan fingerprint density at radius 1 is 1.14 bits per heavy atom. The third-order valence-electron chi connectivity index (χ3n) is 1.90. The van der Waals surface area contributed by atoms with Gasteiger partial charge < -0.3 is 5.32 Å². The van der Waals surface area contributed by atoms with E-state index in [1.807, 2.05) is 37.4 Å². The fourth-order valence-corrected chi connectivity index (χ4v) is 1.25. The summed E-state index contributed by atoms with van der Waals surface area (Å²) in [5.74, 6) is 0.742. The van der Waals surface area contributed by atoms with Gasteiger partial charge in [-0.1, -0.05) is 30.3 Å². The number of aromatic nitrogens is 3. The van der Waals surface area contributed by atoms with Gasteiger partial charge in [0.05, 0.1) is 0 Å². The minimum atomic E-state index is 0.742. The Hall–Kier alpha value is -1.97. The molecular formula is C10H10N4. The molecule has 1 N–H and O–H groups in total. The number of rotatable bonds is 2. The summed E-state index contributed by atoms with van der Waals surface area (Å²) in [6.45, 7) is 0. The van der Waals surface area contributed by atoms with E-state index in [4.69, 9.17) is 0 Å². The van der Waals surface area contributed by atoms with E-state index >= 15 is 0 Å². The molecule has 0 amide bonds. The van der Waals surface area contributed by atoms with E-state index in [1.165, 1.54) is 6.33 Å². The van der Waals surface area contributed by atoms with E-state index in [0.29, 0.717) is 0 Å². The monoisotopic (exact) mass is 186 g/mol. The molecule has 1 aromatic carbocycles. The highest BCUT2D eigenvalue weighted by atomic mass is 15.2. The molecule has 1 aromatic heterocycles. The molecule has 4 nitrogen and oxygen atoms in total. The number of benzene rings is 1. The van der Waals surface area contributed by atoms with Crippen molar-refractivity contribution in [1.29, 1.82) is 0 Å². The van der Waals surface area contributed by atoms with Crippen molar-refractivity contribution in [3.8, 4) is 11.3 Å². The molecule has 70 valence electrons. The molecule has 0 saturated carbocycles. The zero-order chi connectivity index (χ0) is 9.80. The molecule has 4 heteroatoms. The summed E-state index contributed by atoms with van der Waals surface area (Å²) in [7, 11) is 1.82. The molecule has 0 fully saturated rings. The Morgan fingerprint density at radius 2 is 1.93 bits per heavy atom. The fourth-order valence-electron chi connectivity index (χ4n) is 1.25. The van der Waals surface area contributed by atoms with Crippen molar-refractivity contribution in [2.75, 3.05) is 12.4 Å². The lowest BCUT2D eigenvalue weighted by Crippen LogP contribution is -1.99. The fraction of sp³-hybridized carbons (Fsp3) is 0.100. The lowest BCUT2D eigenvalue weighted by molar-refractivity contribution is 0.978. The van der Waals surface area contributed by atoms with Gasteiger partial charge in [-0.15, -0.1) is 10.2 Å². The highest BCUT2D eigenvalue weighted by Crippen LogP contribution is 2.21. The van der Waals surface area contributed by atoms with E-state index in [1.54, 1.807) is 0 Å². The first kappa shape index (κ1) is 8.62. The maximum Gasteiger partial charge on any atom is 0.156 e.